The first-order chi connectivity index (χ1) is 4.71. The summed E-state index contributed by atoms with van der Waals surface area (Å²) in [5, 5.41) is 0. The molecule has 0 aromatic heterocycles. The maximum atomic E-state index is 11.8. The highest BCUT2D eigenvalue weighted by molar-refractivity contribution is 7.74. The third-order valence-electron chi connectivity index (χ3n) is 0.486. The SMILES string of the molecule is CC(F)(F)CO[SH+]C(F)(F)F. The molecule has 0 radical (unpaired) electrons. The fourth-order valence-corrected chi connectivity index (χ4v) is 0.656. The van der Waals surface area contributed by atoms with Gasteiger partial charge in [-0.05, 0) is 0 Å². The van der Waals surface area contributed by atoms with E-state index in [0.717, 1.165) is 0 Å². The van der Waals surface area contributed by atoms with Gasteiger partial charge in [0.25, 0.3) is 5.92 Å². The highest BCUT2D eigenvalue weighted by Crippen LogP contribution is 2.19. The Bertz CT molecular complexity index is 103. The Labute approximate surface area is 64.1 Å². The van der Waals surface area contributed by atoms with Gasteiger partial charge >= 0.3 is 5.51 Å². The number of alkyl halides is 5. The maximum Gasteiger partial charge on any atom is 0.605 e. The van der Waals surface area contributed by atoms with Crippen molar-refractivity contribution in [2.45, 2.75) is 18.4 Å². The molecule has 0 amide bonds. The first-order valence-electron chi connectivity index (χ1n) is 2.49. The highest BCUT2D eigenvalue weighted by atomic mass is 32.2. The number of rotatable bonds is 3. The molecule has 0 aromatic rings. The van der Waals surface area contributed by atoms with Crippen molar-refractivity contribution in [2.75, 3.05) is 6.61 Å². The molecular weight excluding hydrogens is 191 g/mol. The van der Waals surface area contributed by atoms with E-state index in [-0.39, 0.29) is 0 Å². The zero-order valence-electron chi connectivity index (χ0n) is 5.45. The normalized spacial score (nSPS) is 13.6. The Morgan fingerprint density at radius 1 is 1.18 bits per heavy atom. The molecule has 0 atom stereocenters. The van der Waals surface area contributed by atoms with Crippen molar-refractivity contribution < 1.29 is 26.1 Å². The predicted molar refractivity (Wildman–Crippen MR) is 31.4 cm³/mol. The molecular formula is C4H6F5OS+. The summed E-state index contributed by atoms with van der Waals surface area (Å²) < 4.78 is 61.0. The molecule has 0 bridgehead atoms. The molecule has 0 aliphatic carbocycles. The molecule has 0 fully saturated rings. The van der Waals surface area contributed by atoms with Crippen LogP contribution in [0.25, 0.3) is 0 Å². The highest BCUT2D eigenvalue weighted by Gasteiger charge is 2.42. The lowest BCUT2D eigenvalue weighted by Gasteiger charge is -2.04. The minimum atomic E-state index is -4.56. The van der Waals surface area contributed by atoms with E-state index in [2.05, 4.69) is 4.18 Å². The van der Waals surface area contributed by atoms with Gasteiger partial charge in [0.1, 0.15) is 0 Å². The van der Waals surface area contributed by atoms with Crippen molar-refractivity contribution >= 4 is 12.0 Å². The molecule has 0 saturated carbocycles. The van der Waals surface area contributed by atoms with E-state index in [1.165, 1.54) is 0 Å². The second kappa shape index (κ2) is 3.57. The van der Waals surface area contributed by atoms with Crippen molar-refractivity contribution in [2.24, 2.45) is 0 Å². The predicted octanol–water partition coefficient (Wildman–Crippen LogP) is 1.91. The fourth-order valence-electron chi connectivity index (χ4n) is 0.219. The minimum Gasteiger partial charge on any atom is -0.204 e. The summed E-state index contributed by atoms with van der Waals surface area (Å²) in [6.45, 7) is -0.729. The molecule has 1 nitrogen and oxygen atoms in total. The van der Waals surface area contributed by atoms with Crippen molar-refractivity contribution in [3.05, 3.63) is 0 Å². The van der Waals surface area contributed by atoms with Crippen LogP contribution >= 0.6 is 0 Å². The van der Waals surface area contributed by atoms with Crippen LogP contribution in [0.4, 0.5) is 22.0 Å². The molecule has 11 heavy (non-hydrogen) atoms. The molecule has 0 aliphatic rings. The lowest BCUT2D eigenvalue weighted by atomic mass is 10.4. The third kappa shape index (κ3) is 9.96. The number of hydrogen-bond donors (Lipinski definition) is 0. The Kier molecular flexibility index (Phi) is 3.56. The van der Waals surface area contributed by atoms with Gasteiger partial charge in [-0.25, -0.2) is 8.78 Å². The second-order valence-corrected chi connectivity index (χ2v) is 2.85. The Balaban J connectivity index is 3.44. The Morgan fingerprint density at radius 2 is 1.64 bits per heavy atom. The van der Waals surface area contributed by atoms with Gasteiger partial charge < -0.3 is 0 Å². The average molecular weight is 197 g/mol. The summed E-state index contributed by atoms with van der Waals surface area (Å²) in [5.74, 6) is -3.21. The van der Waals surface area contributed by atoms with E-state index in [0.29, 0.717) is 6.92 Å². The van der Waals surface area contributed by atoms with Crippen LogP contribution in [-0.4, -0.2) is 18.0 Å². The standard InChI is InChI=1S/C4H5F5OS/c1-3(5,6)2-10-11-4(7,8)9/h2H2,1H3/p+1. The first-order valence-corrected chi connectivity index (χ1v) is 3.31. The summed E-state index contributed by atoms with van der Waals surface area (Å²) in [5.41, 5.74) is -4.56. The lowest BCUT2D eigenvalue weighted by molar-refractivity contribution is -0.0532. The van der Waals surface area contributed by atoms with Crippen LogP contribution in [0.5, 0.6) is 0 Å². The maximum absolute atomic E-state index is 11.8. The van der Waals surface area contributed by atoms with E-state index < -0.39 is 30.1 Å². The zero-order valence-corrected chi connectivity index (χ0v) is 6.35. The second-order valence-electron chi connectivity index (χ2n) is 1.90. The van der Waals surface area contributed by atoms with Crippen molar-refractivity contribution in [3.8, 4) is 0 Å². The van der Waals surface area contributed by atoms with E-state index >= 15 is 0 Å². The van der Waals surface area contributed by atoms with E-state index in [1.54, 1.807) is 0 Å². The molecule has 0 unspecified atom stereocenters. The van der Waals surface area contributed by atoms with E-state index in [1.807, 2.05) is 0 Å². The van der Waals surface area contributed by atoms with Crippen LogP contribution in [0, 0.1) is 0 Å². The fraction of sp³-hybridized carbons (Fsp3) is 1.00. The van der Waals surface area contributed by atoms with Crippen LogP contribution in [0.15, 0.2) is 0 Å². The van der Waals surface area contributed by atoms with Crippen LogP contribution in [0.1, 0.15) is 6.92 Å². The molecule has 0 saturated heterocycles. The summed E-state index contributed by atoms with van der Waals surface area (Å²) in [6.07, 6.45) is 0. The summed E-state index contributed by atoms with van der Waals surface area (Å²) in [4.78, 5) is 0. The lowest BCUT2D eigenvalue weighted by Crippen LogP contribution is -2.22. The number of halogens is 5. The molecule has 0 aliphatic heterocycles. The van der Waals surface area contributed by atoms with Gasteiger partial charge in [0.15, 0.2) is 6.61 Å². The van der Waals surface area contributed by atoms with Crippen LogP contribution in [0.2, 0.25) is 0 Å². The molecule has 0 spiro atoms. The van der Waals surface area contributed by atoms with Crippen molar-refractivity contribution in [1.29, 1.82) is 0 Å². The smallest absolute Gasteiger partial charge is 0.204 e. The quantitative estimate of drug-likeness (QED) is 0.381. The van der Waals surface area contributed by atoms with Crippen LogP contribution < -0.4 is 0 Å². The molecule has 0 rings (SSSR count). The van der Waals surface area contributed by atoms with Gasteiger partial charge in [0.05, 0.1) is 0 Å². The number of thiol groups is 1. The zero-order chi connectivity index (χ0) is 9.12. The molecule has 7 heteroatoms. The summed E-state index contributed by atoms with van der Waals surface area (Å²) in [6, 6.07) is 0. The average Bonchev–Trinajstić information content (AvgIpc) is 1.55. The molecule has 68 valence electrons. The van der Waals surface area contributed by atoms with Gasteiger partial charge in [-0.3, -0.25) is 0 Å². The third-order valence-corrected chi connectivity index (χ3v) is 0.951. The van der Waals surface area contributed by atoms with Gasteiger partial charge in [-0.1, -0.05) is 0 Å². The van der Waals surface area contributed by atoms with Crippen molar-refractivity contribution in [1.82, 2.24) is 0 Å². The molecule has 0 aromatic carbocycles. The minimum absolute atomic E-state index is 0.485. The number of hydrogen-bond acceptors (Lipinski definition) is 1. The molecule has 0 heterocycles. The van der Waals surface area contributed by atoms with Crippen molar-refractivity contribution in [3.63, 3.8) is 0 Å². The first kappa shape index (κ1) is 11.0. The van der Waals surface area contributed by atoms with Crippen LogP contribution in [0.3, 0.4) is 0 Å². The summed E-state index contributed by atoms with van der Waals surface area (Å²) in [7, 11) is 0. The Morgan fingerprint density at radius 3 is 1.91 bits per heavy atom. The largest absolute Gasteiger partial charge is 0.605 e. The molecule has 0 N–H and O–H groups in total. The van der Waals surface area contributed by atoms with Gasteiger partial charge in [-0.2, -0.15) is 4.18 Å². The van der Waals surface area contributed by atoms with Crippen LogP contribution in [-0.2, 0) is 16.2 Å². The topological polar surface area (TPSA) is 9.23 Å². The van der Waals surface area contributed by atoms with Gasteiger partial charge in [-0.15, -0.1) is 13.2 Å². The van der Waals surface area contributed by atoms with E-state index in [9.17, 15) is 22.0 Å². The summed E-state index contributed by atoms with van der Waals surface area (Å²) >= 11 is -1.39. The van der Waals surface area contributed by atoms with E-state index in [4.69, 9.17) is 0 Å². The van der Waals surface area contributed by atoms with Gasteiger partial charge in [0, 0.05) is 6.92 Å². The Hall–Kier alpha value is -0.0400. The van der Waals surface area contributed by atoms with Gasteiger partial charge in [0.2, 0.25) is 12.0 Å². The monoisotopic (exact) mass is 197 g/mol.